The number of rotatable bonds is 3. The summed E-state index contributed by atoms with van der Waals surface area (Å²) in [5.41, 5.74) is 7.41. The fraction of sp³-hybridized carbons (Fsp3) is 0.500. The number of methoxy groups -OCH3 is 1. The molecule has 19 heavy (non-hydrogen) atoms. The van der Waals surface area contributed by atoms with E-state index in [4.69, 9.17) is 15.6 Å². The average molecular weight is 264 g/mol. The number of anilines is 2. The first-order valence-electron chi connectivity index (χ1n) is 6.38. The molecule has 1 aromatic rings. The highest BCUT2D eigenvalue weighted by Crippen LogP contribution is 2.32. The largest absolute Gasteiger partial charge is 0.478 e. The third-order valence-electron chi connectivity index (χ3n) is 3.77. The Hall–Kier alpha value is -1.75. The molecule has 1 saturated heterocycles. The predicted octanol–water partition coefficient (Wildman–Crippen LogP) is 1.97. The summed E-state index contributed by atoms with van der Waals surface area (Å²) in [6.07, 6.45) is 2.00. The van der Waals surface area contributed by atoms with Crippen LogP contribution in [0, 0.1) is 0 Å². The van der Waals surface area contributed by atoms with Gasteiger partial charge in [0.2, 0.25) is 0 Å². The lowest BCUT2D eigenvalue weighted by atomic mass is 9.94. The standard InChI is InChI=1S/C14H20N2O3/c1-14(19-2)6-3-7-16(9-14)12-8-10(13(17)18)4-5-11(12)15/h4-5,8H,3,6-7,9,15H2,1-2H3,(H,17,18). The van der Waals surface area contributed by atoms with E-state index >= 15 is 0 Å². The first kappa shape index (κ1) is 13.7. The van der Waals surface area contributed by atoms with Crippen LogP contribution in [0.4, 0.5) is 11.4 Å². The Bertz CT molecular complexity index is 490. The van der Waals surface area contributed by atoms with Crippen molar-refractivity contribution in [3.05, 3.63) is 23.8 Å². The number of nitrogens with two attached hydrogens (primary N) is 1. The predicted molar refractivity (Wildman–Crippen MR) is 74.7 cm³/mol. The van der Waals surface area contributed by atoms with E-state index in [0.29, 0.717) is 5.69 Å². The van der Waals surface area contributed by atoms with Gasteiger partial charge in [-0.3, -0.25) is 0 Å². The average Bonchev–Trinajstić information content (AvgIpc) is 2.39. The summed E-state index contributed by atoms with van der Waals surface area (Å²) < 4.78 is 5.55. The molecule has 0 spiro atoms. The molecular formula is C14H20N2O3. The maximum atomic E-state index is 11.0. The first-order chi connectivity index (χ1) is 8.95. The van der Waals surface area contributed by atoms with Gasteiger partial charge in [-0.1, -0.05) is 0 Å². The molecule has 1 heterocycles. The van der Waals surface area contributed by atoms with Gasteiger partial charge in [-0.05, 0) is 38.0 Å². The molecule has 2 rings (SSSR count). The monoisotopic (exact) mass is 264 g/mol. The first-order valence-corrected chi connectivity index (χ1v) is 6.38. The normalized spacial score (nSPS) is 23.4. The number of carboxylic acids is 1. The molecule has 1 aromatic carbocycles. The highest BCUT2D eigenvalue weighted by molar-refractivity contribution is 5.90. The van der Waals surface area contributed by atoms with Crippen LogP contribution < -0.4 is 10.6 Å². The van der Waals surface area contributed by atoms with E-state index in [9.17, 15) is 4.79 Å². The van der Waals surface area contributed by atoms with E-state index in [1.54, 1.807) is 19.2 Å². The molecule has 1 aliphatic rings. The number of nitrogens with zero attached hydrogens (tertiary/aromatic N) is 1. The lowest BCUT2D eigenvalue weighted by molar-refractivity contribution is -0.00462. The Balaban J connectivity index is 2.30. The molecule has 3 N–H and O–H groups in total. The SMILES string of the molecule is COC1(C)CCCN(c2cc(C(=O)O)ccc2N)C1. The molecule has 1 aliphatic heterocycles. The van der Waals surface area contributed by atoms with E-state index in [-0.39, 0.29) is 11.2 Å². The zero-order chi connectivity index (χ0) is 14.0. The number of piperidine rings is 1. The summed E-state index contributed by atoms with van der Waals surface area (Å²) in [6, 6.07) is 4.82. The molecular weight excluding hydrogens is 244 g/mol. The van der Waals surface area contributed by atoms with Gasteiger partial charge in [0.05, 0.1) is 22.5 Å². The number of hydrogen-bond donors (Lipinski definition) is 2. The maximum Gasteiger partial charge on any atom is 0.335 e. The van der Waals surface area contributed by atoms with Gasteiger partial charge in [-0.2, -0.15) is 0 Å². The van der Waals surface area contributed by atoms with Crippen molar-refractivity contribution in [3.63, 3.8) is 0 Å². The lowest BCUT2D eigenvalue weighted by Crippen LogP contribution is -2.47. The molecule has 5 nitrogen and oxygen atoms in total. The third kappa shape index (κ3) is 2.81. The molecule has 0 aromatic heterocycles. The van der Waals surface area contributed by atoms with Gasteiger partial charge < -0.3 is 20.5 Å². The molecule has 5 heteroatoms. The number of nitrogen functional groups attached to an aromatic ring is 1. The van der Waals surface area contributed by atoms with Crippen molar-refractivity contribution in [1.82, 2.24) is 0 Å². The zero-order valence-electron chi connectivity index (χ0n) is 11.3. The minimum absolute atomic E-state index is 0.204. The van der Waals surface area contributed by atoms with Crippen molar-refractivity contribution in [3.8, 4) is 0 Å². The van der Waals surface area contributed by atoms with Crippen LogP contribution in [0.15, 0.2) is 18.2 Å². The van der Waals surface area contributed by atoms with Crippen LogP contribution in [0.25, 0.3) is 0 Å². The number of hydrogen-bond acceptors (Lipinski definition) is 4. The third-order valence-corrected chi connectivity index (χ3v) is 3.77. The van der Waals surface area contributed by atoms with Crippen molar-refractivity contribution >= 4 is 17.3 Å². The second-order valence-electron chi connectivity index (χ2n) is 5.26. The minimum Gasteiger partial charge on any atom is -0.478 e. The van der Waals surface area contributed by atoms with Crippen LogP contribution in [-0.4, -0.2) is 36.9 Å². The fourth-order valence-electron chi connectivity index (χ4n) is 2.53. The summed E-state index contributed by atoms with van der Waals surface area (Å²) in [7, 11) is 1.71. The van der Waals surface area contributed by atoms with E-state index in [2.05, 4.69) is 11.8 Å². The van der Waals surface area contributed by atoms with Crippen LogP contribution in [-0.2, 0) is 4.74 Å². The van der Waals surface area contributed by atoms with Gasteiger partial charge in [0.25, 0.3) is 0 Å². The van der Waals surface area contributed by atoms with Gasteiger partial charge in [0, 0.05) is 20.2 Å². The highest BCUT2D eigenvalue weighted by atomic mass is 16.5. The summed E-state index contributed by atoms with van der Waals surface area (Å²) in [5.74, 6) is -0.937. The van der Waals surface area contributed by atoms with Crippen molar-refractivity contribution in [2.24, 2.45) is 0 Å². The molecule has 1 atom stereocenters. The second kappa shape index (κ2) is 5.09. The topological polar surface area (TPSA) is 75.8 Å². The Morgan fingerprint density at radius 3 is 2.89 bits per heavy atom. The van der Waals surface area contributed by atoms with Crippen molar-refractivity contribution < 1.29 is 14.6 Å². The van der Waals surface area contributed by atoms with Crippen molar-refractivity contribution in [2.45, 2.75) is 25.4 Å². The molecule has 0 radical (unpaired) electrons. The van der Waals surface area contributed by atoms with Gasteiger partial charge in [0.1, 0.15) is 0 Å². The molecule has 0 amide bonds. The van der Waals surface area contributed by atoms with Gasteiger partial charge in [-0.15, -0.1) is 0 Å². The summed E-state index contributed by atoms with van der Waals surface area (Å²) in [4.78, 5) is 13.2. The van der Waals surface area contributed by atoms with E-state index in [1.807, 2.05) is 0 Å². The molecule has 0 aliphatic carbocycles. The Labute approximate surface area is 113 Å². The smallest absolute Gasteiger partial charge is 0.335 e. The molecule has 1 unspecified atom stereocenters. The summed E-state index contributed by atoms with van der Waals surface area (Å²) in [6.45, 7) is 3.65. The Kier molecular flexibility index (Phi) is 3.66. The van der Waals surface area contributed by atoms with Crippen LogP contribution in [0.2, 0.25) is 0 Å². The molecule has 104 valence electrons. The Morgan fingerprint density at radius 1 is 1.53 bits per heavy atom. The summed E-state index contributed by atoms with van der Waals surface area (Å²) in [5, 5.41) is 9.06. The number of carboxylic acid groups (broad SMARTS) is 1. The lowest BCUT2D eigenvalue weighted by Gasteiger charge is -2.41. The van der Waals surface area contributed by atoms with E-state index in [0.717, 1.165) is 31.6 Å². The van der Waals surface area contributed by atoms with Crippen LogP contribution in [0.5, 0.6) is 0 Å². The van der Waals surface area contributed by atoms with Crippen LogP contribution >= 0.6 is 0 Å². The Morgan fingerprint density at radius 2 is 2.26 bits per heavy atom. The van der Waals surface area contributed by atoms with Gasteiger partial charge >= 0.3 is 5.97 Å². The molecule has 1 fully saturated rings. The zero-order valence-corrected chi connectivity index (χ0v) is 11.3. The number of carbonyl (C=O) groups is 1. The number of benzene rings is 1. The minimum atomic E-state index is -0.937. The second-order valence-corrected chi connectivity index (χ2v) is 5.26. The van der Waals surface area contributed by atoms with E-state index < -0.39 is 5.97 Å². The highest BCUT2D eigenvalue weighted by Gasteiger charge is 2.31. The van der Waals surface area contributed by atoms with Gasteiger partial charge in [0.15, 0.2) is 0 Å². The maximum absolute atomic E-state index is 11.0. The number of ether oxygens (including phenoxy) is 1. The molecule has 0 saturated carbocycles. The fourth-order valence-corrected chi connectivity index (χ4v) is 2.53. The quantitative estimate of drug-likeness (QED) is 0.816. The van der Waals surface area contributed by atoms with Crippen molar-refractivity contribution in [2.75, 3.05) is 30.8 Å². The number of aromatic carboxylic acids is 1. The molecule has 0 bridgehead atoms. The van der Waals surface area contributed by atoms with E-state index in [1.165, 1.54) is 6.07 Å². The van der Waals surface area contributed by atoms with Gasteiger partial charge in [-0.25, -0.2) is 4.79 Å². The van der Waals surface area contributed by atoms with Crippen LogP contribution in [0.1, 0.15) is 30.1 Å². The van der Waals surface area contributed by atoms with Crippen LogP contribution in [0.3, 0.4) is 0 Å². The van der Waals surface area contributed by atoms with Crippen molar-refractivity contribution in [1.29, 1.82) is 0 Å². The summed E-state index contributed by atoms with van der Waals surface area (Å²) >= 11 is 0.